The highest BCUT2D eigenvalue weighted by Crippen LogP contribution is 2.28. The highest BCUT2D eigenvalue weighted by Gasteiger charge is 2.17. The molecular formula is C17H17Cl2N3OS. The Labute approximate surface area is 154 Å². The van der Waals surface area contributed by atoms with Crippen LogP contribution in [0.5, 0.6) is 0 Å². The number of halogens is 2. The smallest absolute Gasteiger partial charge is 0.261 e. The SMILES string of the molecule is Cc1nn(C)c2sc(C(=O)NC(C)Cc3ccc(Cl)cc3Cl)cc12. The molecule has 0 aliphatic carbocycles. The van der Waals surface area contributed by atoms with Gasteiger partial charge in [0.25, 0.3) is 5.91 Å². The van der Waals surface area contributed by atoms with E-state index in [1.807, 2.05) is 37.7 Å². The number of carbonyl (C=O) groups excluding carboxylic acids is 1. The van der Waals surface area contributed by atoms with Crippen molar-refractivity contribution in [3.05, 3.63) is 50.4 Å². The van der Waals surface area contributed by atoms with E-state index in [1.54, 1.807) is 12.1 Å². The van der Waals surface area contributed by atoms with Gasteiger partial charge in [-0.25, -0.2) is 0 Å². The van der Waals surface area contributed by atoms with Crippen molar-refractivity contribution < 1.29 is 4.79 Å². The van der Waals surface area contributed by atoms with Gasteiger partial charge in [0.2, 0.25) is 0 Å². The minimum atomic E-state index is -0.0758. The second-order valence-corrected chi connectivity index (χ2v) is 7.73. The summed E-state index contributed by atoms with van der Waals surface area (Å²) in [5.74, 6) is -0.0758. The summed E-state index contributed by atoms with van der Waals surface area (Å²) < 4.78 is 1.81. The van der Waals surface area contributed by atoms with Gasteiger partial charge in [-0.2, -0.15) is 5.10 Å². The second kappa shape index (κ2) is 6.75. The van der Waals surface area contributed by atoms with E-state index >= 15 is 0 Å². The Kier molecular flexibility index (Phi) is 4.85. The monoisotopic (exact) mass is 381 g/mol. The molecule has 1 N–H and O–H groups in total. The topological polar surface area (TPSA) is 46.9 Å². The van der Waals surface area contributed by atoms with Crippen LogP contribution in [0.2, 0.25) is 10.0 Å². The van der Waals surface area contributed by atoms with Crippen LogP contribution in [-0.4, -0.2) is 21.7 Å². The fraction of sp³-hybridized carbons (Fsp3) is 0.294. The number of nitrogens with one attached hydrogen (secondary N) is 1. The molecule has 3 rings (SSSR count). The van der Waals surface area contributed by atoms with Crippen LogP contribution in [0.4, 0.5) is 0 Å². The largest absolute Gasteiger partial charge is 0.349 e. The predicted molar refractivity (Wildman–Crippen MR) is 100 cm³/mol. The molecule has 0 bridgehead atoms. The first-order valence-corrected chi connectivity index (χ1v) is 9.10. The van der Waals surface area contributed by atoms with Crippen molar-refractivity contribution in [1.29, 1.82) is 0 Å². The van der Waals surface area contributed by atoms with Crippen molar-refractivity contribution in [3.8, 4) is 0 Å². The summed E-state index contributed by atoms with van der Waals surface area (Å²) in [5, 5.41) is 9.63. The molecule has 4 nitrogen and oxygen atoms in total. The number of amides is 1. The highest BCUT2D eigenvalue weighted by molar-refractivity contribution is 7.20. The van der Waals surface area contributed by atoms with Crippen molar-refractivity contribution in [2.24, 2.45) is 7.05 Å². The fourth-order valence-electron chi connectivity index (χ4n) is 2.68. The summed E-state index contributed by atoms with van der Waals surface area (Å²) in [7, 11) is 1.89. The van der Waals surface area contributed by atoms with Gasteiger partial charge in [0, 0.05) is 28.5 Å². The first-order valence-electron chi connectivity index (χ1n) is 7.53. The third kappa shape index (κ3) is 3.43. The van der Waals surface area contributed by atoms with Gasteiger partial charge in [-0.15, -0.1) is 11.3 Å². The van der Waals surface area contributed by atoms with Crippen molar-refractivity contribution in [2.75, 3.05) is 0 Å². The van der Waals surface area contributed by atoms with Gasteiger partial charge in [-0.05, 0) is 44.0 Å². The van der Waals surface area contributed by atoms with Gasteiger partial charge in [0.1, 0.15) is 4.83 Å². The van der Waals surface area contributed by atoms with Gasteiger partial charge in [-0.1, -0.05) is 29.3 Å². The number of thiophene rings is 1. The molecule has 1 unspecified atom stereocenters. The van der Waals surface area contributed by atoms with Gasteiger partial charge >= 0.3 is 0 Å². The average Bonchev–Trinajstić information content (AvgIpc) is 3.05. The van der Waals surface area contributed by atoms with Gasteiger partial charge in [0.05, 0.1) is 10.6 Å². The maximum atomic E-state index is 12.5. The molecule has 0 spiro atoms. The summed E-state index contributed by atoms with van der Waals surface area (Å²) in [6.07, 6.45) is 0.646. The zero-order valence-electron chi connectivity index (χ0n) is 13.6. The number of hydrogen-bond acceptors (Lipinski definition) is 3. The van der Waals surface area contributed by atoms with Gasteiger partial charge in [0.15, 0.2) is 0 Å². The molecule has 2 heterocycles. The lowest BCUT2D eigenvalue weighted by Crippen LogP contribution is -2.33. The molecule has 0 radical (unpaired) electrons. The summed E-state index contributed by atoms with van der Waals surface area (Å²) in [6, 6.07) is 7.27. The van der Waals surface area contributed by atoms with Crippen LogP contribution in [0.15, 0.2) is 24.3 Å². The Morgan fingerprint density at radius 1 is 1.38 bits per heavy atom. The minimum absolute atomic E-state index is 0.0411. The molecule has 2 aromatic heterocycles. The maximum Gasteiger partial charge on any atom is 0.261 e. The first kappa shape index (κ1) is 17.3. The first-order chi connectivity index (χ1) is 11.3. The van der Waals surface area contributed by atoms with E-state index in [9.17, 15) is 4.79 Å². The standard InChI is InChI=1S/C17H17Cl2N3OS/c1-9(6-11-4-5-12(18)7-14(11)19)20-16(23)15-8-13-10(2)21-22(3)17(13)24-15/h4-5,7-9H,6H2,1-3H3,(H,20,23). The third-order valence-electron chi connectivity index (χ3n) is 3.84. The quantitative estimate of drug-likeness (QED) is 0.716. The van der Waals surface area contributed by atoms with Crippen LogP contribution >= 0.6 is 34.5 Å². The average molecular weight is 382 g/mol. The summed E-state index contributed by atoms with van der Waals surface area (Å²) in [4.78, 5) is 14.2. The molecule has 0 aliphatic rings. The van der Waals surface area contributed by atoms with Gasteiger partial charge in [-0.3, -0.25) is 9.48 Å². The zero-order chi connectivity index (χ0) is 17.4. The van der Waals surface area contributed by atoms with E-state index < -0.39 is 0 Å². The number of fused-ring (bicyclic) bond motifs is 1. The van der Waals surface area contributed by atoms with E-state index in [0.717, 1.165) is 21.5 Å². The maximum absolute atomic E-state index is 12.5. The van der Waals surface area contributed by atoms with Crippen molar-refractivity contribution in [3.63, 3.8) is 0 Å². The van der Waals surface area contributed by atoms with Crippen molar-refractivity contribution in [1.82, 2.24) is 15.1 Å². The molecule has 7 heteroatoms. The van der Waals surface area contributed by atoms with Crippen molar-refractivity contribution in [2.45, 2.75) is 26.3 Å². The Morgan fingerprint density at radius 2 is 2.12 bits per heavy atom. The van der Waals surface area contributed by atoms with Gasteiger partial charge < -0.3 is 5.32 Å². The normalized spacial score (nSPS) is 12.5. The van der Waals surface area contributed by atoms with E-state index in [0.29, 0.717) is 21.3 Å². The number of aromatic nitrogens is 2. The Morgan fingerprint density at radius 3 is 2.79 bits per heavy atom. The summed E-state index contributed by atoms with van der Waals surface area (Å²) in [5.41, 5.74) is 1.90. The van der Waals surface area contributed by atoms with Crippen LogP contribution in [0.25, 0.3) is 10.2 Å². The predicted octanol–water partition coefficient (Wildman–Crippen LogP) is 4.61. The lowest BCUT2D eigenvalue weighted by atomic mass is 10.1. The van der Waals surface area contributed by atoms with Crippen molar-refractivity contribution >= 4 is 50.7 Å². The molecule has 0 saturated carbocycles. The Balaban J connectivity index is 1.72. The van der Waals surface area contributed by atoms with Crippen LogP contribution in [-0.2, 0) is 13.5 Å². The molecule has 0 aliphatic heterocycles. The fourth-order valence-corrected chi connectivity index (χ4v) is 4.19. The minimum Gasteiger partial charge on any atom is -0.349 e. The third-order valence-corrected chi connectivity index (χ3v) is 5.63. The van der Waals surface area contributed by atoms with Crippen LogP contribution in [0.3, 0.4) is 0 Å². The van der Waals surface area contributed by atoms with Crippen LogP contribution in [0.1, 0.15) is 27.9 Å². The number of aryl methyl sites for hydroxylation is 2. The molecule has 3 aromatic rings. The van der Waals surface area contributed by atoms with E-state index in [1.165, 1.54) is 11.3 Å². The molecule has 0 saturated heterocycles. The molecule has 0 fully saturated rings. The second-order valence-electron chi connectivity index (χ2n) is 5.85. The van der Waals surface area contributed by atoms with E-state index in [4.69, 9.17) is 23.2 Å². The summed E-state index contributed by atoms with van der Waals surface area (Å²) in [6.45, 7) is 3.91. The Hall–Kier alpha value is -1.56. The zero-order valence-corrected chi connectivity index (χ0v) is 15.9. The molecule has 1 atom stereocenters. The molecular weight excluding hydrogens is 365 g/mol. The summed E-state index contributed by atoms with van der Waals surface area (Å²) >= 11 is 13.6. The Bertz CT molecular complexity index is 882. The lowest BCUT2D eigenvalue weighted by molar-refractivity contribution is 0.0944. The number of rotatable bonds is 4. The number of benzene rings is 1. The van der Waals surface area contributed by atoms with E-state index in [2.05, 4.69) is 10.4 Å². The van der Waals surface area contributed by atoms with Crippen LogP contribution < -0.4 is 5.32 Å². The lowest BCUT2D eigenvalue weighted by Gasteiger charge is -2.14. The van der Waals surface area contributed by atoms with Crippen LogP contribution in [0, 0.1) is 6.92 Å². The molecule has 126 valence electrons. The highest BCUT2D eigenvalue weighted by atomic mass is 35.5. The molecule has 24 heavy (non-hydrogen) atoms. The van der Waals surface area contributed by atoms with E-state index in [-0.39, 0.29) is 11.9 Å². The molecule has 1 aromatic carbocycles. The molecule has 1 amide bonds. The number of nitrogens with zero attached hydrogens (tertiary/aromatic N) is 2. The number of hydrogen-bond donors (Lipinski definition) is 1. The number of carbonyl (C=O) groups is 1.